The van der Waals surface area contributed by atoms with E-state index in [0.29, 0.717) is 30.2 Å². The zero-order valence-electron chi connectivity index (χ0n) is 15.7. The molecule has 0 unspecified atom stereocenters. The number of carbonyl (C=O) groups is 2. The standard InChI is InChI=1S/C19H24N4O4/c1-12-8-10-19(11-9-12,18(25)26)20-17(24)16-13(2)23(22-21-16)14-4-6-15(27-3)7-5-14/h4-7,12H,8-11H2,1-3H3,(H,20,24)(H,25,26). The molecule has 0 radical (unpaired) electrons. The van der Waals surface area contributed by atoms with Crippen molar-refractivity contribution in [2.45, 2.75) is 45.1 Å². The Bertz CT molecular complexity index is 836. The summed E-state index contributed by atoms with van der Waals surface area (Å²) in [7, 11) is 1.59. The van der Waals surface area contributed by atoms with Crippen molar-refractivity contribution in [3.8, 4) is 11.4 Å². The van der Waals surface area contributed by atoms with Crippen LogP contribution in [0.3, 0.4) is 0 Å². The van der Waals surface area contributed by atoms with Gasteiger partial charge in [0, 0.05) is 0 Å². The monoisotopic (exact) mass is 372 g/mol. The molecule has 8 heteroatoms. The molecular formula is C19H24N4O4. The number of methoxy groups -OCH3 is 1. The first-order valence-corrected chi connectivity index (χ1v) is 8.99. The molecule has 0 aliphatic heterocycles. The first-order chi connectivity index (χ1) is 12.9. The molecule has 0 spiro atoms. The first-order valence-electron chi connectivity index (χ1n) is 8.99. The van der Waals surface area contributed by atoms with Gasteiger partial charge >= 0.3 is 5.97 Å². The number of benzene rings is 1. The average molecular weight is 372 g/mol. The van der Waals surface area contributed by atoms with Crippen LogP contribution in [0.15, 0.2) is 24.3 Å². The minimum Gasteiger partial charge on any atom is -0.497 e. The summed E-state index contributed by atoms with van der Waals surface area (Å²) in [4.78, 5) is 24.6. The van der Waals surface area contributed by atoms with Crippen molar-refractivity contribution in [2.75, 3.05) is 7.11 Å². The van der Waals surface area contributed by atoms with Crippen LogP contribution in [-0.4, -0.2) is 44.6 Å². The molecule has 27 heavy (non-hydrogen) atoms. The Kier molecular flexibility index (Phi) is 5.16. The molecule has 1 amide bonds. The van der Waals surface area contributed by atoms with Crippen LogP contribution in [0.25, 0.3) is 5.69 Å². The molecule has 2 N–H and O–H groups in total. The lowest BCUT2D eigenvalue weighted by atomic mass is 9.77. The van der Waals surface area contributed by atoms with E-state index in [0.717, 1.165) is 18.5 Å². The zero-order valence-corrected chi connectivity index (χ0v) is 15.7. The van der Waals surface area contributed by atoms with Crippen LogP contribution in [0.5, 0.6) is 5.75 Å². The highest BCUT2D eigenvalue weighted by molar-refractivity contribution is 5.97. The number of carbonyl (C=O) groups excluding carboxylic acids is 1. The molecule has 3 rings (SSSR count). The van der Waals surface area contributed by atoms with Crippen LogP contribution in [0.1, 0.15) is 48.8 Å². The van der Waals surface area contributed by atoms with Crippen LogP contribution >= 0.6 is 0 Å². The third kappa shape index (κ3) is 3.65. The van der Waals surface area contributed by atoms with E-state index in [9.17, 15) is 14.7 Å². The van der Waals surface area contributed by atoms with Gasteiger partial charge in [0.2, 0.25) is 0 Å². The minimum atomic E-state index is -1.24. The van der Waals surface area contributed by atoms with E-state index in [4.69, 9.17) is 4.74 Å². The van der Waals surface area contributed by atoms with E-state index in [-0.39, 0.29) is 5.69 Å². The van der Waals surface area contributed by atoms with Gasteiger partial charge in [0.05, 0.1) is 18.5 Å². The van der Waals surface area contributed by atoms with Crippen molar-refractivity contribution >= 4 is 11.9 Å². The second kappa shape index (κ2) is 7.38. The maximum absolute atomic E-state index is 12.8. The lowest BCUT2D eigenvalue weighted by Gasteiger charge is -2.36. The van der Waals surface area contributed by atoms with Crippen molar-refractivity contribution in [3.05, 3.63) is 35.7 Å². The van der Waals surface area contributed by atoms with Gasteiger partial charge in [-0.1, -0.05) is 12.1 Å². The molecule has 1 aliphatic carbocycles. The summed E-state index contributed by atoms with van der Waals surface area (Å²) >= 11 is 0. The number of carboxylic acids is 1. The van der Waals surface area contributed by atoms with Gasteiger partial charge in [-0.3, -0.25) is 4.79 Å². The van der Waals surface area contributed by atoms with Crippen LogP contribution in [0.4, 0.5) is 0 Å². The Morgan fingerprint density at radius 3 is 2.44 bits per heavy atom. The molecule has 1 aliphatic rings. The molecule has 2 aromatic rings. The van der Waals surface area contributed by atoms with E-state index in [1.807, 2.05) is 12.1 Å². The van der Waals surface area contributed by atoms with E-state index < -0.39 is 17.4 Å². The number of nitrogens with one attached hydrogen (secondary N) is 1. The van der Waals surface area contributed by atoms with Crippen molar-refractivity contribution in [3.63, 3.8) is 0 Å². The first kappa shape index (κ1) is 18.9. The average Bonchev–Trinajstić information content (AvgIpc) is 3.05. The Labute approximate surface area is 157 Å². The second-order valence-electron chi connectivity index (χ2n) is 7.16. The summed E-state index contributed by atoms with van der Waals surface area (Å²) in [5, 5.41) is 20.5. The molecule has 1 heterocycles. The summed E-state index contributed by atoms with van der Waals surface area (Å²) in [6.07, 6.45) is 2.37. The van der Waals surface area contributed by atoms with E-state index in [1.54, 1.807) is 30.8 Å². The Morgan fingerprint density at radius 2 is 1.89 bits per heavy atom. The summed E-state index contributed by atoms with van der Waals surface area (Å²) < 4.78 is 6.69. The highest BCUT2D eigenvalue weighted by Crippen LogP contribution is 2.32. The Hall–Kier alpha value is -2.90. The number of rotatable bonds is 5. The third-order valence-corrected chi connectivity index (χ3v) is 5.32. The number of hydrogen-bond donors (Lipinski definition) is 2. The van der Waals surface area contributed by atoms with Gasteiger partial charge in [-0.05, 0) is 62.8 Å². The highest BCUT2D eigenvalue weighted by Gasteiger charge is 2.43. The fourth-order valence-corrected chi connectivity index (χ4v) is 3.43. The molecule has 1 aromatic carbocycles. The van der Waals surface area contributed by atoms with Crippen molar-refractivity contribution in [1.29, 1.82) is 0 Å². The van der Waals surface area contributed by atoms with Crippen LogP contribution in [0.2, 0.25) is 0 Å². The van der Waals surface area contributed by atoms with Gasteiger partial charge in [0.25, 0.3) is 5.91 Å². The summed E-state index contributed by atoms with van der Waals surface area (Å²) in [6.45, 7) is 3.83. The zero-order chi connectivity index (χ0) is 19.6. The number of carboxylic acid groups (broad SMARTS) is 1. The number of aliphatic carboxylic acids is 1. The van der Waals surface area contributed by atoms with Crippen molar-refractivity contribution in [2.24, 2.45) is 5.92 Å². The lowest BCUT2D eigenvalue weighted by molar-refractivity contribution is -0.146. The molecule has 144 valence electrons. The number of nitrogens with zero attached hydrogens (tertiary/aromatic N) is 3. The van der Waals surface area contributed by atoms with E-state index in [2.05, 4.69) is 22.6 Å². The van der Waals surface area contributed by atoms with Gasteiger partial charge in [-0.15, -0.1) is 5.10 Å². The molecule has 1 aromatic heterocycles. The van der Waals surface area contributed by atoms with Gasteiger partial charge in [-0.25, -0.2) is 9.48 Å². The largest absolute Gasteiger partial charge is 0.497 e. The van der Waals surface area contributed by atoms with Gasteiger partial charge < -0.3 is 15.2 Å². The van der Waals surface area contributed by atoms with Crippen molar-refractivity contribution in [1.82, 2.24) is 20.3 Å². The van der Waals surface area contributed by atoms with Gasteiger partial charge in [0.15, 0.2) is 5.69 Å². The lowest BCUT2D eigenvalue weighted by Crippen LogP contribution is -2.56. The van der Waals surface area contributed by atoms with Crippen LogP contribution in [0, 0.1) is 12.8 Å². The molecule has 0 atom stereocenters. The maximum atomic E-state index is 12.8. The maximum Gasteiger partial charge on any atom is 0.329 e. The minimum absolute atomic E-state index is 0.130. The van der Waals surface area contributed by atoms with Gasteiger partial charge in [-0.2, -0.15) is 0 Å². The number of ether oxygens (including phenoxy) is 1. The SMILES string of the molecule is COc1ccc(-n2nnc(C(=O)NC3(C(=O)O)CCC(C)CC3)c2C)cc1. The second-order valence-corrected chi connectivity index (χ2v) is 7.16. The third-order valence-electron chi connectivity index (χ3n) is 5.32. The van der Waals surface area contributed by atoms with Crippen LogP contribution in [-0.2, 0) is 4.79 Å². The normalized spacial score (nSPS) is 22.3. The smallest absolute Gasteiger partial charge is 0.329 e. The molecule has 0 bridgehead atoms. The Morgan fingerprint density at radius 1 is 1.26 bits per heavy atom. The van der Waals surface area contributed by atoms with E-state index in [1.165, 1.54) is 0 Å². The van der Waals surface area contributed by atoms with Crippen molar-refractivity contribution < 1.29 is 19.4 Å². The number of hydrogen-bond acceptors (Lipinski definition) is 5. The number of aromatic nitrogens is 3. The molecule has 0 saturated heterocycles. The number of amides is 1. The molecule has 1 saturated carbocycles. The van der Waals surface area contributed by atoms with E-state index >= 15 is 0 Å². The summed E-state index contributed by atoms with van der Waals surface area (Å²) in [6, 6.07) is 7.20. The highest BCUT2D eigenvalue weighted by atomic mass is 16.5. The van der Waals surface area contributed by atoms with Crippen LogP contribution < -0.4 is 10.1 Å². The Balaban J connectivity index is 1.83. The summed E-state index contributed by atoms with van der Waals surface area (Å²) in [5.74, 6) is -0.330. The topological polar surface area (TPSA) is 106 Å². The summed E-state index contributed by atoms with van der Waals surface area (Å²) in [5.41, 5.74) is 0.173. The fraction of sp³-hybridized carbons (Fsp3) is 0.474. The predicted molar refractivity (Wildman–Crippen MR) is 98.1 cm³/mol. The molecule has 1 fully saturated rings. The molecular weight excluding hydrogens is 348 g/mol. The fourth-order valence-electron chi connectivity index (χ4n) is 3.43. The predicted octanol–water partition coefficient (Wildman–Crippen LogP) is 2.35. The quantitative estimate of drug-likeness (QED) is 0.834. The molecule has 8 nitrogen and oxygen atoms in total. The van der Waals surface area contributed by atoms with Gasteiger partial charge in [0.1, 0.15) is 11.3 Å².